The van der Waals surface area contributed by atoms with Gasteiger partial charge in [0.25, 0.3) is 0 Å². The smallest absolute Gasteiger partial charge is 0.101 e. The molecule has 0 radical (unpaired) electrons. The molecule has 0 aliphatic carbocycles. The van der Waals surface area contributed by atoms with Gasteiger partial charge in [0.15, 0.2) is 0 Å². The SMILES string of the molecule is CC1CN(c2ccc(CN)cc2C#N)CC(CO)O1. The number of aliphatic hydroxyl groups excluding tert-OH is 1. The molecule has 0 amide bonds. The molecule has 1 aromatic carbocycles. The largest absolute Gasteiger partial charge is 0.394 e. The van der Waals surface area contributed by atoms with Gasteiger partial charge in [0.05, 0.1) is 30.1 Å². The molecular formula is C14H19N3O2. The highest BCUT2D eigenvalue weighted by molar-refractivity contribution is 5.61. The topological polar surface area (TPSA) is 82.5 Å². The van der Waals surface area contributed by atoms with Crippen LogP contribution in [0, 0.1) is 11.3 Å². The molecule has 1 aromatic rings. The van der Waals surface area contributed by atoms with Crippen molar-refractivity contribution >= 4 is 5.69 Å². The van der Waals surface area contributed by atoms with Gasteiger partial charge >= 0.3 is 0 Å². The molecule has 5 heteroatoms. The van der Waals surface area contributed by atoms with E-state index in [0.29, 0.717) is 25.2 Å². The molecule has 2 atom stereocenters. The number of ether oxygens (including phenoxy) is 1. The van der Waals surface area contributed by atoms with Crippen LogP contribution < -0.4 is 10.6 Å². The lowest BCUT2D eigenvalue weighted by atomic mass is 10.1. The first-order chi connectivity index (χ1) is 9.17. The van der Waals surface area contributed by atoms with Gasteiger partial charge in [-0.1, -0.05) is 6.07 Å². The van der Waals surface area contributed by atoms with E-state index in [1.54, 1.807) is 0 Å². The standard InChI is InChI=1S/C14H19N3O2/c1-10-7-17(8-13(9-18)19-10)14-3-2-11(5-15)4-12(14)6-16/h2-4,10,13,18H,5,7-9,15H2,1H3. The molecule has 0 spiro atoms. The molecule has 5 nitrogen and oxygen atoms in total. The van der Waals surface area contributed by atoms with E-state index in [9.17, 15) is 10.4 Å². The van der Waals surface area contributed by atoms with Gasteiger partial charge in [0, 0.05) is 19.6 Å². The summed E-state index contributed by atoms with van der Waals surface area (Å²) in [6.07, 6.45) is -0.170. The Labute approximate surface area is 113 Å². The van der Waals surface area contributed by atoms with Crippen molar-refractivity contribution in [1.29, 1.82) is 5.26 Å². The molecule has 1 heterocycles. The number of aliphatic hydroxyl groups is 1. The van der Waals surface area contributed by atoms with E-state index in [1.807, 2.05) is 25.1 Å². The van der Waals surface area contributed by atoms with Crippen LogP contribution in [0.1, 0.15) is 18.1 Å². The first-order valence-electron chi connectivity index (χ1n) is 6.42. The highest BCUT2D eigenvalue weighted by Crippen LogP contribution is 2.25. The highest BCUT2D eigenvalue weighted by Gasteiger charge is 2.26. The highest BCUT2D eigenvalue weighted by atomic mass is 16.5. The van der Waals surface area contributed by atoms with E-state index < -0.39 is 0 Å². The van der Waals surface area contributed by atoms with Crippen molar-refractivity contribution in [3.63, 3.8) is 0 Å². The lowest BCUT2D eigenvalue weighted by Crippen LogP contribution is -2.48. The van der Waals surface area contributed by atoms with Crippen molar-refractivity contribution in [1.82, 2.24) is 0 Å². The molecule has 1 aliphatic rings. The summed E-state index contributed by atoms with van der Waals surface area (Å²) in [5.74, 6) is 0. The van der Waals surface area contributed by atoms with Crippen LogP contribution >= 0.6 is 0 Å². The molecule has 1 aliphatic heterocycles. The summed E-state index contributed by atoms with van der Waals surface area (Å²) in [5.41, 5.74) is 8.04. The predicted octanol–water partition coefficient (Wildman–Crippen LogP) is 0.603. The normalized spacial score (nSPS) is 23.2. The van der Waals surface area contributed by atoms with Gasteiger partial charge in [-0.15, -0.1) is 0 Å². The third-order valence-corrected chi connectivity index (χ3v) is 3.29. The van der Waals surface area contributed by atoms with E-state index in [2.05, 4.69) is 11.0 Å². The first kappa shape index (κ1) is 13.8. The predicted molar refractivity (Wildman–Crippen MR) is 72.7 cm³/mol. The fourth-order valence-electron chi connectivity index (χ4n) is 2.42. The number of morpholine rings is 1. The Morgan fingerprint density at radius 3 is 2.95 bits per heavy atom. The second-order valence-electron chi connectivity index (χ2n) is 4.82. The minimum absolute atomic E-state index is 0.0103. The molecule has 0 saturated carbocycles. The molecular weight excluding hydrogens is 242 g/mol. The van der Waals surface area contributed by atoms with Crippen LogP contribution in [0.15, 0.2) is 18.2 Å². The summed E-state index contributed by atoms with van der Waals surface area (Å²) in [7, 11) is 0. The molecule has 0 bridgehead atoms. The lowest BCUT2D eigenvalue weighted by molar-refractivity contribution is -0.0421. The number of nitrogens with two attached hydrogens (primary N) is 1. The molecule has 0 aromatic heterocycles. The second kappa shape index (κ2) is 6.02. The minimum Gasteiger partial charge on any atom is -0.394 e. The molecule has 102 valence electrons. The summed E-state index contributed by atoms with van der Waals surface area (Å²) < 4.78 is 5.61. The van der Waals surface area contributed by atoms with Gasteiger partial charge in [-0.05, 0) is 24.6 Å². The maximum absolute atomic E-state index is 9.26. The Balaban J connectivity index is 2.28. The van der Waals surface area contributed by atoms with Gasteiger partial charge in [0.2, 0.25) is 0 Å². The molecule has 3 N–H and O–H groups in total. The summed E-state index contributed by atoms with van der Waals surface area (Å²) in [6, 6.07) is 7.90. The minimum atomic E-state index is -0.204. The number of hydrogen-bond acceptors (Lipinski definition) is 5. The Morgan fingerprint density at radius 1 is 1.53 bits per heavy atom. The fraction of sp³-hybridized carbons (Fsp3) is 0.500. The van der Waals surface area contributed by atoms with E-state index in [4.69, 9.17) is 10.5 Å². The number of benzene rings is 1. The number of nitriles is 1. The lowest BCUT2D eigenvalue weighted by Gasteiger charge is -2.38. The zero-order valence-electron chi connectivity index (χ0n) is 11.0. The quantitative estimate of drug-likeness (QED) is 0.832. The van der Waals surface area contributed by atoms with Crippen molar-refractivity contribution in [3.8, 4) is 6.07 Å². The third kappa shape index (κ3) is 3.04. The number of nitrogens with zero attached hydrogens (tertiary/aromatic N) is 2. The van der Waals surface area contributed by atoms with Crippen LogP contribution in [0.4, 0.5) is 5.69 Å². The van der Waals surface area contributed by atoms with E-state index in [0.717, 1.165) is 11.3 Å². The second-order valence-corrected chi connectivity index (χ2v) is 4.82. The summed E-state index contributed by atoms with van der Waals surface area (Å²) in [4.78, 5) is 2.09. The van der Waals surface area contributed by atoms with Crippen LogP contribution in [0.3, 0.4) is 0 Å². The molecule has 1 fully saturated rings. The van der Waals surface area contributed by atoms with E-state index in [-0.39, 0.29) is 18.8 Å². The third-order valence-electron chi connectivity index (χ3n) is 3.29. The van der Waals surface area contributed by atoms with Gasteiger partial charge in [-0.2, -0.15) is 5.26 Å². The maximum Gasteiger partial charge on any atom is 0.101 e. The summed E-state index contributed by atoms with van der Waals surface area (Å²) in [6.45, 7) is 3.69. The van der Waals surface area contributed by atoms with Crippen LogP contribution in [-0.4, -0.2) is 37.0 Å². The molecule has 19 heavy (non-hydrogen) atoms. The monoisotopic (exact) mass is 261 g/mol. The zero-order valence-corrected chi connectivity index (χ0v) is 11.0. The summed E-state index contributed by atoms with van der Waals surface area (Å²) in [5, 5.41) is 18.5. The molecule has 2 rings (SSSR count). The van der Waals surface area contributed by atoms with Crippen molar-refractivity contribution in [2.45, 2.75) is 25.7 Å². The Morgan fingerprint density at radius 2 is 2.32 bits per heavy atom. The van der Waals surface area contributed by atoms with Crippen LogP contribution in [0.5, 0.6) is 0 Å². The Kier molecular flexibility index (Phi) is 4.38. The maximum atomic E-state index is 9.26. The van der Waals surface area contributed by atoms with Gasteiger partial charge < -0.3 is 20.5 Å². The average molecular weight is 261 g/mol. The van der Waals surface area contributed by atoms with Crippen molar-refractivity contribution < 1.29 is 9.84 Å². The fourth-order valence-corrected chi connectivity index (χ4v) is 2.42. The van der Waals surface area contributed by atoms with E-state index >= 15 is 0 Å². The molecule has 1 saturated heterocycles. The van der Waals surface area contributed by atoms with Crippen LogP contribution in [0.2, 0.25) is 0 Å². The number of rotatable bonds is 3. The Hall–Kier alpha value is -1.61. The van der Waals surface area contributed by atoms with Crippen molar-refractivity contribution in [2.24, 2.45) is 5.73 Å². The van der Waals surface area contributed by atoms with E-state index in [1.165, 1.54) is 0 Å². The first-order valence-corrected chi connectivity index (χ1v) is 6.42. The van der Waals surface area contributed by atoms with Gasteiger partial charge in [-0.3, -0.25) is 0 Å². The van der Waals surface area contributed by atoms with Gasteiger partial charge in [0.1, 0.15) is 6.07 Å². The average Bonchev–Trinajstić information content (AvgIpc) is 2.45. The van der Waals surface area contributed by atoms with Gasteiger partial charge in [-0.25, -0.2) is 0 Å². The van der Waals surface area contributed by atoms with Crippen molar-refractivity contribution in [2.75, 3.05) is 24.6 Å². The summed E-state index contributed by atoms with van der Waals surface area (Å²) >= 11 is 0. The Bertz CT molecular complexity index is 484. The van der Waals surface area contributed by atoms with Crippen LogP contribution in [-0.2, 0) is 11.3 Å². The van der Waals surface area contributed by atoms with Crippen molar-refractivity contribution in [3.05, 3.63) is 29.3 Å². The zero-order chi connectivity index (χ0) is 13.8. The number of hydrogen-bond donors (Lipinski definition) is 2. The number of anilines is 1. The van der Waals surface area contributed by atoms with Crippen LogP contribution in [0.25, 0.3) is 0 Å². The molecule has 2 unspecified atom stereocenters.